The molecule has 25 heteroatoms. The molecular weight excluding hydrogens is 661 g/mol. The van der Waals surface area contributed by atoms with E-state index in [1.807, 2.05) is 0 Å². The van der Waals surface area contributed by atoms with Crippen LogP contribution in [0.4, 0.5) is 83.4 Å². The first-order valence-corrected chi connectivity index (χ1v) is 10.2. The van der Waals surface area contributed by atoms with Gasteiger partial charge in [-0.05, 0) is 0 Å². The molecule has 6 nitrogen and oxygen atoms in total. The van der Waals surface area contributed by atoms with E-state index < -0.39 is 101 Å². The van der Waals surface area contributed by atoms with Crippen LogP contribution < -0.4 is 0 Å². The van der Waals surface area contributed by atoms with Gasteiger partial charge in [0, 0.05) is 7.11 Å². The van der Waals surface area contributed by atoms with Crippen LogP contribution >= 0.6 is 0 Å². The van der Waals surface area contributed by atoms with Crippen molar-refractivity contribution in [1.29, 1.82) is 0 Å². The zero-order chi connectivity index (χ0) is 33.6. The summed E-state index contributed by atoms with van der Waals surface area (Å²) in [7, 11) is 0.378. The summed E-state index contributed by atoms with van der Waals surface area (Å²) < 4.78 is 266. The Hall–Kier alpha value is -1.57. The van der Waals surface area contributed by atoms with Crippen LogP contribution in [0.25, 0.3) is 0 Å². The molecule has 0 aromatic carbocycles. The van der Waals surface area contributed by atoms with Crippen LogP contribution in [0.15, 0.2) is 0 Å². The van der Waals surface area contributed by atoms with Crippen LogP contribution in [0, 0.1) is 0 Å². The monoisotopic (exact) mass is 678 g/mol. The standard InChI is InChI=1S/C17H17F19O6/c1-37-8(12(22,23)24)5-40-10(18,15(29,30)31)6-39-3-2-38-4-9(13(25,26)27)42-17(35,36)14(28,16(32,33)34)41-7-11(19,20)21/h8-9H,2-7H2,1H3. The SMILES string of the molecule is COC(COC(F)(COCCOCC(OC(F)(F)C(F)(OCC(F)(F)F)C(F)(F)F)C(F)(F)F)C(F)(F)F)C(F)(F)F. The molecule has 0 rings (SSSR count). The zero-order valence-corrected chi connectivity index (χ0v) is 20.0. The largest absolute Gasteiger partial charge is 0.457 e. The van der Waals surface area contributed by atoms with Crippen molar-refractivity contribution in [2.24, 2.45) is 0 Å². The number of ether oxygens (including phenoxy) is 6. The minimum absolute atomic E-state index is 0.378. The molecule has 42 heavy (non-hydrogen) atoms. The average Bonchev–Trinajstić information content (AvgIpc) is 2.75. The van der Waals surface area contributed by atoms with Crippen LogP contribution in [0.3, 0.4) is 0 Å². The molecule has 0 saturated carbocycles. The maximum absolute atomic E-state index is 14.1. The van der Waals surface area contributed by atoms with Crippen molar-refractivity contribution < 1.29 is 112 Å². The minimum Gasteiger partial charge on any atom is -0.376 e. The van der Waals surface area contributed by atoms with E-state index in [4.69, 9.17) is 0 Å². The fourth-order valence-electron chi connectivity index (χ4n) is 2.18. The van der Waals surface area contributed by atoms with Crippen molar-refractivity contribution >= 4 is 0 Å². The summed E-state index contributed by atoms with van der Waals surface area (Å²) in [6, 6.07) is 0. The summed E-state index contributed by atoms with van der Waals surface area (Å²) in [5, 5.41) is 0. The lowest BCUT2D eigenvalue weighted by atomic mass is 10.2. The Bertz CT molecular complexity index is 807. The van der Waals surface area contributed by atoms with Crippen molar-refractivity contribution in [3.05, 3.63) is 0 Å². The highest BCUT2D eigenvalue weighted by Gasteiger charge is 2.76. The molecule has 0 heterocycles. The second-order valence-corrected chi connectivity index (χ2v) is 7.59. The maximum Gasteiger partial charge on any atom is 0.457 e. The molecule has 0 aliphatic heterocycles. The van der Waals surface area contributed by atoms with Gasteiger partial charge in [-0.15, -0.1) is 0 Å². The Morgan fingerprint density at radius 3 is 1.38 bits per heavy atom. The smallest absolute Gasteiger partial charge is 0.376 e. The van der Waals surface area contributed by atoms with Crippen molar-refractivity contribution in [2.75, 3.05) is 46.8 Å². The van der Waals surface area contributed by atoms with Gasteiger partial charge in [-0.2, -0.15) is 83.4 Å². The molecule has 0 fully saturated rings. The molecule has 0 aliphatic rings. The molecule has 0 aromatic heterocycles. The second kappa shape index (κ2) is 14.0. The average molecular weight is 678 g/mol. The van der Waals surface area contributed by atoms with Crippen LogP contribution in [0.5, 0.6) is 0 Å². The third-order valence-corrected chi connectivity index (χ3v) is 4.29. The number of alkyl halides is 19. The number of hydrogen-bond donors (Lipinski definition) is 0. The highest BCUT2D eigenvalue weighted by Crippen LogP contribution is 2.49. The highest BCUT2D eigenvalue weighted by atomic mass is 19.4. The first kappa shape index (κ1) is 40.4. The lowest BCUT2D eigenvalue weighted by molar-refractivity contribution is -0.481. The Labute approximate surface area is 220 Å². The molecule has 0 N–H and O–H groups in total. The number of rotatable bonds is 16. The first-order valence-electron chi connectivity index (χ1n) is 10.2. The third-order valence-electron chi connectivity index (χ3n) is 4.29. The minimum atomic E-state index is -7.12. The number of halogens is 19. The van der Waals surface area contributed by atoms with E-state index >= 15 is 0 Å². The summed E-state index contributed by atoms with van der Waals surface area (Å²) in [5.41, 5.74) is 0. The van der Waals surface area contributed by atoms with E-state index in [1.165, 1.54) is 0 Å². The predicted molar refractivity (Wildman–Crippen MR) is 92.1 cm³/mol. The predicted octanol–water partition coefficient (Wildman–Crippen LogP) is 6.19. The van der Waals surface area contributed by atoms with Gasteiger partial charge < -0.3 is 28.4 Å². The fraction of sp³-hybridized carbons (Fsp3) is 1.00. The Morgan fingerprint density at radius 1 is 0.524 bits per heavy atom. The van der Waals surface area contributed by atoms with Gasteiger partial charge >= 0.3 is 48.7 Å². The van der Waals surface area contributed by atoms with Gasteiger partial charge in [0.25, 0.3) is 0 Å². The van der Waals surface area contributed by atoms with Crippen molar-refractivity contribution in [2.45, 2.75) is 60.9 Å². The van der Waals surface area contributed by atoms with Crippen LogP contribution in [-0.4, -0.2) is 108 Å². The molecule has 0 amide bonds. The van der Waals surface area contributed by atoms with E-state index in [0.29, 0.717) is 7.11 Å². The molecular formula is C17H17F19O6. The normalized spacial score (nSPS) is 18.9. The molecule has 0 bridgehead atoms. The van der Waals surface area contributed by atoms with Crippen LogP contribution in [-0.2, 0) is 28.4 Å². The summed E-state index contributed by atoms with van der Waals surface area (Å²) in [5.74, 6) is -11.8. The van der Waals surface area contributed by atoms with Crippen molar-refractivity contribution in [3.8, 4) is 0 Å². The maximum atomic E-state index is 14.1. The topological polar surface area (TPSA) is 55.4 Å². The lowest BCUT2D eigenvalue weighted by Gasteiger charge is -2.36. The Morgan fingerprint density at radius 2 is 1.00 bits per heavy atom. The van der Waals surface area contributed by atoms with Gasteiger partial charge in [0.05, 0.1) is 26.4 Å². The summed E-state index contributed by atoms with van der Waals surface area (Å²) >= 11 is 0. The van der Waals surface area contributed by atoms with Gasteiger partial charge in [-0.1, -0.05) is 0 Å². The van der Waals surface area contributed by atoms with Gasteiger partial charge in [0.15, 0.2) is 12.2 Å². The van der Waals surface area contributed by atoms with Crippen molar-refractivity contribution in [3.63, 3.8) is 0 Å². The quantitative estimate of drug-likeness (QED) is 0.144. The van der Waals surface area contributed by atoms with Gasteiger partial charge in [-0.25, -0.2) is 0 Å². The molecule has 4 atom stereocenters. The Balaban J connectivity index is 5.35. The van der Waals surface area contributed by atoms with E-state index in [0.717, 1.165) is 0 Å². The van der Waals surface area contributed by atoms with Crippen molar-refractivity contribution in [1.82, 2.24) is 0 Å². The summed E-state index contributed by atoms with van der Waals surface area (Å²) in [4.78, 5) is 0. The van der Waals surface area contributed by atoms with Crippen LogP contribution in [0.2, 0.25) is 0 Å². The molecule has 254 valence electrons. The number of hydrogen-bond acceptors (Lipinski definition) is 6. The van der Waals surface area contributed by atoms with E-state index in [1.54, 1.807) is 0 Å². The molecule has 0 spiro atoms. The zero-order valence-electron chi connectivity index (χ0n) is 20.0. The molecule has 0 radical (unpaired) electrons. The lowest BCUT2D eigenvalue weighted by Crippen LogP contribution is -2.61. The fourth-order valence-corrected chi connectivity index (χ4v) is 2.18. The van der Waals surface area contributed by atoms with Gasteiger partial charge in [0.2, 0.25) is 0 Å². The second-order valence-electron chi connectivity index (χ2n) is 7.59. The third kappa shape index (κ3) is 11.8. The van der Waals surface area contributed by atoms with E-state index in [9.17, 15) is 83.4 Å². The van der Waals surface area contributed by atoms with E-state index in [2.05, 4.69) is 28.4 Å². The molecule has 0 aromatic rings. The molecule has 0 saturated heterocycles. The number of methoxy groups -OCH3 is 1. The van der Waals surface area contributed by atoms with Gasteiger partial charge in [0.1, 0.15) is 13.2 Å². The van der Waals surface area contributed by atoms with E-state index in [-0.39, 0.29) is 0 Å². The highest BCUT2D eigenvalue weighted by molar-refractivity contribution is 4.89. The first-order chi connectivity index (χ1) is 18.4. The van der Waals surface area contributed by atoms with Gasteiger partial charge in [-0.3, -0.25) is 0 Å². The van der Waals surface area contributed by atoms with Crippen LogP contribution in [0.1, 0.15) is 0 Å². The summed E-state index contributed by atoms with van der Waals surface area (Å²) in [6.07, 6.45) is -44.7. The molecule has 0 aliphatic carbocycles. The summed E-state index contributed by atoms with van der Waals surface area (Å²) in [6.45, 7) is -12.9. The molecule has 4 unspecified atom stereocenters. The Kier molecular flexibility index (Phi) is 13.5.